The third kappa shape index (κ3) is 4.28. The summed E-state index contributed by atoms with van der Waals surface area (Å²) in [5, 5.41) is 4.58. The van der Waals surface area contributed by atoms with Crippen molar-refractivity contribution in [1.29, 1.82) is 0 Å². The monoisotopic (exact) mass is 500 g/mol. The molecule has 0 atom stereocenters. The number of hydrogen-bond acceptors (Lipinski definition) is 6. The lowest BCUT2D eigenvalue weighted by Crippen LogP contribution is -2.72. The number of rotatable bonds is 6. The summed E-state index contributed by atoms with van der Waals surface area (Å²) in [6.45, 7) is 5.65. The van der Waals surface area contributed by atoms with E-state index >= 15 is 0 Å². The highest BCUT2D eigenvalue weighted by Crippen LogP contribution is 2.34. The average molecular weight is 501 g/mol. The summed E-state index contributed by atoms with van der Waals surface area (Å²) in [7, 11) is 0. The van der Waals surface area contributed by atoms with Gasteiger partial charge in [-0.15, -0.1) is 0 Å². The number of carbonyl (C=O) groups is 3. The van der Waals surface area contributed by atoms with Crippen molar-refractivity contribution in [2.75, 3.05) is 32.7 Å². The van der Waals surface area contributed by atoms with Crippen molar-refractivity contribution in [1.82, 2.24) is 20.4 Å². The van der Waals surface area contributed by atoms with Crippen molar-refractivity contribution < 1.29 is 19.1 Å². The molecular formula is C23H25BrN4O4. The Kier molecular flexibility index (Phi) is 6.59. The first-order valence-electron chi connectivity index (χ1n) is 10.6. The predicted molar refractivity (Wildman–Crippen MR) is 122 cm³/mol. The largest absolute Gasteiger partial charge is 0.457 e. The molecule has 2 aliphatic heterocycles. The summed E-state index contributed by atoms with van der Waals surface area (Å²) in [4.78, 5) is 42.3. The van der Waals surface area contributed by atoms with Crippen LogP contribution in [0.5, 0.6) is 11.5 Å². The van der Waals surface area contributed by atoms with Crippen molar-refractivity contribution in [3.63, 3.8) is 0 Å². The number of piperazine rings is 1. The van der Waals surface area contributed by atoms with Crippen LogP contribution in [-0.4, -0.2) is 60.4 Å². The number of urea groups is 1. The standard InChI is InChI=1S/C23H25BrN4O4/c1-2-11-27-12-14-28(15-13-27)23(20(29)25-22(31)26-21(23)30)16-3-7-18(8-4-16)32-19-9-5-17(24)6-10-19/h3-10H,2,11-15H2,1H3,(H2,25,26,29,30,31). The fourth-order valence-electron chi connectivity index (χ4n) is 4.28. The number of hydrogen-bond donors (Lipinski definition) is 2. The molecule has 32 heavy (non-hydrogen) atoms. The Labute approximate surface area is 195 Å². The lowest BCUT2D eigenvalue weighted by Gasteiger charge is -2.46. The zero-order chi connectivity index (χ0) is 22.7. The van der Waals surface area contributed by atoms with Crippen LogP contribution in [0.25, 0.3) is 0 Å². The van der Waals surface area contributed by atoms with Crippen LogP contribution in [0.2, 0.25) is 0 Å². The van der Waals surface area contributed by atoms with Gasteiger partial charge in [0, 0.05) is 30.7 Å². The van der Waals surface area contributed by atoms with Crippen molar-refractivity contribution in [3.05, 3.63) is 58.6 Å². The van der Waals surface area contributed by atoms with Gasteiger partial charge in [-0.3, -0.25) is 25.1 Å². The zero-order valence-corrected chi connectivity index (χ0v) is 19.4. The Balaban J connectivity index is 1.63. The summed E-state index contributed by atoms with van der Waals surface area (Å²) in [6, 6.07) is 13.5. The van der Waals surface area contributed by atoms with Crippen molar-refractivity contribution >= 4 is 33.8 Å². The molecule has 2 aromatic carbocycles. The van der Waals surface area contributed by atoms with Gasteiger partial charge in [-0.2, -0.15) is 0 Å². The summed E-state index contributed by atoms with van der Waals surface area (Å²) in [5.41, 5.74) is -1.12. The number of barbiturate groups is 1. The number of halogens is 1. The summed E-state index contributed by atoms with van der Waals surface area (Å²) in [6.07, 6.45) is 1.04. The van der Waals surface area contributed by atoms with Crippen molar-refractivity contribution in [3.8, 4) is 11.5 Å². The molecule has 2 saturated heterocycles. The highest BCUT2D eigenvalue weighted by atomic mass is 79.9. The van der Waals surface area contributed by atoms with Crippen LogP contribution in [0.3, 0.4) is 0 Å². The molecule has 0 aromatic heterocycles. The van der Waals surface area contributed by atoms with Gasteiger partial charge in [-0.1, -0.05) is 35.0 Å². The molecule has 2 fully saturated rings. The van der Waals surface area contributed by atoms with E-state index in [1.54, 1.807) is 24.3 Å². The number of nitrogens with one attached hydrogen (secondary N) is 2. The van der Waals surface area contributed by atoms with E-state index in [1.165, 1.54) is 0 Å². The Morgan fingerprint density at radius 3 is 1.94 bits per heavy atom. The molecule has 0 unspecified atom stereocenters. The zero-order valence-electron chi connectivity index (χ0n) is 17.8. The third-order valence-corrected chi connectivity index (χ3v) is 6.35. The maximum absolute atomic E-state index is 13.2. The van der Waals surface area contributed by atoms with E-state index in [-0.39, 0.29) is 0 Å². The van der Waals surface area contributed by atoms with Crippen LogP contribution < -0.4 is 15.4 Å². The maximum Gasteiger partial charge on any atom is 0.328 e. The van der Waals surface area contributed by atoms with E-state index in [1.807, 2.05) is 29.2 Å². The first-order chi connectivity index (χ1) is 15.4. The van der Waals surface area contributed by atoms with E-state index in [2.05, 4.69) is 38.4 Å². The maximum atomic E-state index is 13.2. The quantitative estimate of drug-likeness (QED) is 0.592. The lowest BCUT2D eigenvalue weighted by atomic mass is 9.84. The molecule has 0 radical (unpaired) electrons. The predicted octanol–water partition coefficient (Wildman–Crippen LogP) is 2.83. The molecule has 4 amide bonds. The molecule has 8 nitrogen and oxygen atoms in total. The van der Waals surface area contributed by atoms with Gasteiger partial charge in [0.1, 0.15) is 11.5 Å². The van der Waals surface area contributed by atoms with Crippen molar-refractivity contribution in [2.24, 2.45) is 0 Å². The fraction of sp³-hybridized carbons (Fsp3) is 0.348. The highest BCUT2D eigenvalue weighted by molar-refractivity contribution is 9.10. The molecule has 0 saturated carbocycles. The molecule has 2 N–H and O–H groups in total. The number of imide groups is 2. The number of benzene rings is 2. The second kappa shape index (κ2) is 9.40. The van der Waals surface area contributed by atoms with Gasteiger partial charge in [0.2, 0.25) is 5.54 Å². The second-order valence-corrected chi connectivity index (χ2v) is 8.77. The van der Waals surface area contributed by atoms with E-state index in [0.717, 1.165) is 30.5 Å². The van der Waals surface area contributed by atoms with Gasteiger partial charge in [0.15, 0.2) is 0 Å². The summed E-state index contributed by atoms with van der Waals surface area (Å²) < 4.78 is 6.82. The molecule has 4 rings (SSSR count). The molecule has 9 heteroatoms. The van der Waals surface area contributed by atoms with Crippen LogP contribution >= 0.6 is 15.9 Å². The van der Waals surface area contributed by atoms with E-state index in [4.69, 9.17) is 4.74 Å². The van der Waals surface area contributed by atoms with E-state index < -0.39 is 23.4 Å². The van der Waals surface area contributed by atoms with Gasteiger partial charge in [-0.05, 0) is 54.9 Å². The minimum absolute atomic E-state index is 0.493. The summed E-state index contributed by atoms with van der Waals surface area (Å²) >= 11 is 3.39. The average Bonchev–Trinajstić information content (AvgIpc) is 2.77. The van der Waals surface area contributed by atoms with Crippen LogP contribution in [-0.2, 0) is 15.1 Å². The topological polar surface area (TPSA) is 91.0 Å². The molecule has 2 heterocycles. The number of nitrogens with zero attached hydrogens (tertiary/aromatic N) is 2. The van der Waals surface area contributed by atoms with E-state index in [9.17, 15) is 14.4 Å². The molecule has 0 spiro atoms. The Morgan fingerprint density at radius 2 is 1.41 bits per heavy atom. The lowest BCUT2D eigenvalue weighted by molar-refractivity contribution is -0.150. The van der Waals surface area contributed by atoms with Gasteiger partial charge >= 0.3 is 6.03 Å². The Hall–Kier alpha value is -2.75. The molecule has 2 aromatic rings. The van der Waals surface area contributed by atoms with E-state index in [0.29, 0.717) is 30.2 Å². The SMILES string of the molecule is CCCN1CCN(C2(c3ccc(Oc4ccc(Br)cc4)cc3)C(=O)NC(=O)NC2=O)CC1. The van der Waals surface area contributed by atoms with Crippen LogP contribution in [0.15, 0.2) is 53.0 Å². The molecule has 168 valence electrons. The number of amides is 4. The Bertz CT molecular complexity index is 982. The second-order valence-electron chi connectivity index (χ2n) is 7.86. The normalized spacial score (nSPS) is 19.4. The minimum Gasteiger partial charge on any atom is -0.457 e. The van der Waals surface area contributed by atoms with Gasteiger partial charge in [0.25, 0.3) is 11.8 Å². The van der Waals surface area contributed by atoms with Gasteiger partial charge < -0.3 is 9.64 Å². The third-order valence-electron chi connectivity index (χ3n) is 5.82. The fourth-order valence-corrected chi connectivity index (χ4v) is 4.54. The highest BCUT2D eigenvalue weighted by Gasteiger charge is 2.56. The number of carbonyl (C=O) groups excluding carboxylic acids is 3. The Morgan fingerprint density at radius 1 is 0.875 bits per heavy atom. The number of ether oxygens (including phenoxy) is 1. The molecule has 0 bridgehead atoms. The first kappa shape index (κ1) is 22.4. The molecular weight excluding hydrogens is 476 g/mol. The van der Waals surface area contributed by atoms with Crippen LogP contribution in [0.1, 0.15) is 18.9 Å². The van der Waals surface area contributed by atoms with Gasteiger partial charge in [0.05, 0.1) is 0 Å². The van der Waals surface area contributed by atoms with Crippen LogP contribution in [0, 0.1) is 0 Å². The molecule has 0 aliphatic carbocycles. The summed E-state index contributed by atoms with van der Waals surface area (Å²) in [5.74, 6) is -0.0123. The minimum atomic E-state index is -1.61. The van der Waals surface area contributed by atoms with Crippen LogP contribution in [0.4, 0.5) is 4.79 Å². The molecule has 2 aliphatic rings. The first-order valence-corrected chi connectivity index (χ1v) is 11.4. The smallest absolute Gasteiger partial charge is 0.328 e. The van der Waals surface area contributed by atoms with Crippen molar-refractivity contribution in [2.45, 2.75) is 18.9 Å². The van der Waals surface area contributed by atoms with Gasteiger partial charge in [-0.25, -0.2) is 4.79 Å².